The lowest BCUT2D eigenvalue weighted by molar-refractivity contribution is -0.0867. The van der Waals surface area contributed by atoms with Gasteiger partial charge in [0, 0.05) is 25.3 Å². The molecule has 0 saturated carbocycles. The molecular weight excluding hydrogens is 316 g/mol. The molecule has 6 nitrogen and oxygen atoms in total. The van der Waals surface area contributed by atoms with E-state index >= 15 is 0 Å². The Labute approximate surface area is 138 Å². The summed E-state index contributed by atoms with van der Waals surface area (Å²) in [6, 6.07) is 5.35. The van der Waals surface area contributed by atoms with Gasteiger partial charge in [-0.15, -0.1) is 0 Å². The first-order valence-electron chi connectivity index (χ1n) is 7.86. The summed E-state index contributed by atoms with van der Waals surface area (Å²) in [6.45, 7) is 2.49. The number of carbonyl (C=O) groups excluding carboxylic acids is 1. The first-order chi connectivity index (χ1) is 11.2. The lowest BCUT2D eigenvalue weighted by Gasteiger charge is -2.35. The standard InChI is InChI=1S/C16H18N2O4S/c19-15(10-3-4-11-13(8-10)22-16(23)17-11)18-5-7-21-14(9-18)12-2-1-6-20-12/h3-4,8,12,14H,1-2,5-7,9H2,(H,17,23)/t12-,14-/m1/s1. The Balaban J connectivity index is 1.53. The highest BCUT2D eigenvalue weighted by molar-refractivity contribution is 7.71. The van der Waals surface area contributed by atoms with Gasteiger partial charge < -0.3 is 23.8 Å². The van der Waals surface area contributed by atoms with E-state index in [1.807, 2.05) is 11.0 Å². The number of carbonyl (C=O) groups is 1. The zero-order valence-corrected chi connectivity index (χ0v) is 13.4. The van der Waals surface area contributed by atoms with Gasteiger partial charge in [-0.05, 0) is 43.3 Å². The smallest absolute Gasteiger partial charge is 0.266 e. The van der Waals surface area contributed by atoms with Gasteiger partial charge in [0.2, 0.25) is 0 Å². The molecule has 2 atom stereocenters. The highest BCUT2D eigenvalue weighted by Gasteiger charge is 2.33. The Kier molecular flexibility index (Phi) is 3.92. The number of benzene rings is 1. The molecule has 1 amide bonds. The van der Waals surface area contributed by atoms with Crippen LogP contribution in [0.2, 0.25) is 0 Å². The molecule has 0 radical (unpaired) electrons. The highest BCUT2D eigenvalue weighted by atomic mass is 32.1. The number of H-pyrrole nitrogens is 1. The van der Waals surface area contributed by atoms with Gasteiger partial charge in [-0.1, -0.05) is 0 Å². The van der Waals surface area contributed by atoms with E-state index in [4.69, 9.17) is 26.1 Å². The molecule has 122 valence electrons. The van der Waals surface area contributed by atoms with E-state index < -0.39 is 0 Å². The molecule has 2 aliphatic rings. The van der Waals surface area contributed by atoms with Crippen LogP contribution in [0.25, 0.3) is 11.1 Å². The molecule has 0 unspecified atom stereocenters. The van der Waals surface area contributed by atoms with Gasteiger partial charge in [0.25, 0.3) is 10.7 Å². The molecule has 2 aliphatic heterocycles. The predicted octanol–water partition coefficient (Wildman–Crippen LogP) is 2.51. The topological polar surface area (TPSA) is 67.7 Å². The molecule has 4 rings (SSSR count). The minimum absolute atomic E-state index is 0.0134. The zero-order valence-electron chi connectivity index (χ0n) is 12.6. The number of aromatic amines is 1. The Morgan fingerprint density at radius 2 is 2.13 bits per heavy atom. The summed E-state index contributed by atoms with van der Waals surface area (Å²) >= 11 is 4.98. The number of ether oxygens (including phenoxy) is 2. The summed E-state index contributed by atoms with van der Waals surface area (Å²) in [6.07, 6.45) is 2.14. The van der Waals surface area contributed by atoms with Crippen molar-refractivity contribution in [2.45, 2.75) is 25.0 Å². The molecule has 0 bridgehead atoms. The van der Waals surface area contributed by atoms with Crippen molar-refractivity contribution in [3.05, 3.63) is 28.6 Å². The van der Waals surface area contributed by atoms with Gasteiger partial charge in [-0.25, -0.2) is 0 Å². The molecule has 2 fully saturated rings. The van der Waals surface area contributed by atoms with E-state index in [0.717, 1.165) is 25.0 Å². The van der Waals surface area contributed by atoms with Crippen molar-refractivity contribution < 1.29 is 18.7 Å². The maximum atomic E-state index is 12.8. The SMILES string of the molecule is O=C(c1ccc2[nH]c(=S)oc2c1)N1CCO[C@@H]([C@H]2CCCO2)C1. The number of fused-ring (bicyclic) bond motifs is 1. The number of nitrogens with one attached hydrogen (secondary N) is 1. The Morgan fingerprint density at radius 3 is 2.96 bits per heavy atom. The first kappa shape index (κ1) is 14.9. The number of rotatable bonds is 2. The van der Waals surface area contributed by atoms with Crippen LogP contribution >= 0.6 is 12.2 Å². The van der Waals surface area contributed by atoms with E-state index in [2.05, 4.69) is 4.98 Å². The van der Waals surface area contributed by atoms with Crippen molar-refractivity contribution in [1.82, 2.24) is 9.88 Å². The average Bonchev–Trinajstić information content (AvgIpc) is 3.22. The quantitative estimate of drug-likeness (QED) is 0.855. The summed E-state index contributed by atoms with van der Waals surface area (Å²) in [5, 5.41) is 0. The van der Waals surface area contributed by atoms with Crippen molar-refractivity contribution in [2.75, 3.05) is 26.3 Å². The molecule has 2 aromatic rings. The van der Waals surface area contributed by atoms with E-state index in [1.165, 1.54) is 0 Å². The van der Waals surface area contributed by atoms with Crippen molar-refractivity contribution in [3.63, 3.8) is 0 Å². The van der Waals surface area contributed by atoms with Gasteiger partial charge >= 0.3 is 0 Å². The third kappa shape index (κ3) is 2.91. The molecule has 2 saturated heterocycles. The monoisotopic (exact) mass is 334 g/mol. The number of morpholine rings is 1. The second kappa shape index (κ2) is 6.07. The van der Waals surface area contributed by atoms with E-state index in [1.54, 1.807) is 12.1 Å². The minimum atomic E-state index is -0.0323. The number of aromatic nitrogens is 1. The summed E-state index contributed by atoms with van der Waals surface area (Å²) in [5.74, 6) is -0.0134. The molecular formula is C16H18N2O4S. The van der Waals surface area contributed by atoms with Gasteiger partial charge in [0.1, 0.15) is 6.10 Å². The summed E-state index contributed by atoms with van der Waals surface area (Å²) in [7, 11) is 0. The maximum Gasteiger partial charge on any atom is 0.266 e. The molecule has 1 N–H and O–H groups in total. The van der Waals surface area contributed by atoms with Crippen molar-refractivity contribution >= 4 is 29.2 Å². The fourth-order valence-electron chi connectivity index (χ4n) is 3.24. The fraction of sp³-hybridized carbons (Fsp3) is 0.500. The average molecular weight is 334 g/mol. The van der Waals surface area contributed by atoms with Crippen LogP contribution in [0.1, 0.15) is 23.2 Å². The van der Waals surface area contributed by atoms with Gasteiger partial charge in [-0.3, -0.25) is 4.79 Å². The van der Waals surface area contributed by atoms with Crippen LogP contribution in [0.5, 0.6) is 0 Å². The van der Waals surface area contributed by atoms with Crippen molar-refractivity contribution in [2.24, 2.45) is 0 Å². The molecule has 0 aliphatic carbocycles. The Hall–Kier alpha value is -1.70. The van der Waals surface area contributed by atoms with E-state index in [0.29, 0.717) is 35.7 Å². The Morgan fingerprint density at radius 1 is 1.26 bits per heavy atom. The van der Waals surface area contributed by atoms with Crippen molar-refractivity contribution in [3.8, 4) is 0 Å². The minimum Gasteiger partial charge on any atom is -0.429 e. The van der Waals surface area contributed by atoms with Crippen LogP contribution in [0.3, 0.4) is 0 Å². The van der Waals surface area contributed by atoms with Crippen LogP contribution in [-0.2, 0) is 9.47 Å². The second-order valence-corrected chi connectivity index (χ2v) is 6.31. The molecule has 1 aromatic heterocycles. The molecule has 1 aromatic carbocycles. The summed E-state index contributed by atoms with van der Waals surface area (Å²) in [4.78, 5) is 17.8. The van der Waals surface area contributed by atoms with Crippen LogP contribution in [-0.4, -0.2) is 54.3 Å². The predicted molar refractivity (Wildman–Crippen MR) is 86.0 cm³/mol. The molecule has 3 heterocycles. The normalized spacial score (nSPS) is 25.1. The Bertz CT molecular complexity index is 778. The van der Waals surface area contributed by atoms with Crippen LogP contribution in [0, 0.1) is 4.84 Å². The summed E-state index contributed by atoms with van der Waals surface area (Å²) in [5.41, 5.74) is 2.00. The lowest BCUT2D eigenvalue weighted by Crippen LogP contribution is -2.49. The maximum absolute atomic E-state index is 12.8. The number of hydrogen-bond donors (Lipinski definition) is 1. The van der Waals surface area contributed by atoms with Crippen molar-refractivity contribution in [1.29, 1.82) is 0 Å². The summed E-state index contributed by atoms with van der Waals surface area (Å²) < 4.78 is 16.9. The van der Waals surface area contributed by atoms with Gasteiger partial charge in [-0.2, -0.15) is 0 Å². The molecule has 7 heteroatoms. The van der Waals surface area contributed by atoms with Crippen LogP contribution < -0.4 is 0 Å². The lowest BCUT2D eigenvalue weighted by atomic mass is 10.1. The number of amides is 1. The largest absolute Gasteiger partial charge is 0.429 e. The zero-order chi connectivity index (χ0) is 15.8. The van der Waals surface area contributed by atoms with Crippen LogP contribution in [0.4, 0.5) is 0 Å². The van der Waals surface area contributed by atoms with Gasteiger partial charge in [0.05, 0.1) is 18.2 Å². The number of nitrogens with zero attached hydrogens (tertiary/aromatic N) is 1. The van der Waals surface area contributed by atoms with E-state index in [9.17, 15) is 4.79 Å². The highest BCUT2D eigenvalue weighted by Crippen LogP contribution is 2.23. The number of hydrogen-bond acceptors (Lipinski definition) is 5. The second-order valence-electron chi connectivity index (χ2n) is 5.94. The van der Waals surface area contributed by atoms with Crippen LogP contribution in [0.15, 0.2) is 22.6 Å². The third-order valence-electron chi connectivity index (χ3n) is 4.43. The number of oxazole rings is 1. The third-order valence-corrected chi connectivity index (χ3v) is 4.61. The molecule has 0 spiro atoms. The van der Waals surface area contributed by atoms with Gasteiger partial charge in [0.15, 0.2) is 5.58 Å². The fourth-order valence-corrected chi connectivity index (χ4v) is 3.44. The first-order valence-corrected chi connectivity index (χ1v) is 8.27. The molecule has 23 heavy (non-hydrogen) atoms. The van der Waals surface area contributed by atoms with E-state index in [-0.39, 0.29) is 18.1 Å².